The van der Waals surface area contributed by atoms with E-state index >= 15 is 8.78 Å². The second-order valence-electron chi connectivity index (χ2n) is 11.9. The quantitative estimate of drug-likeness (QED) is 0.247. The molecule has 1 aromatic heterocycles. The molecule has 8 heteroatoms. The molecule has 40 heavy (non-hydrogen) atoms. The summed E-state index contributed by atoms with van der Waals surface area (Å²) in [5.41, 5.74) is 2.66. The van der Waals surface area contributed by atoms with Crippen LogP contribution in [0.15, 0.2) is 60.7 Å². The van der Waals surface area contributed by atoms with Crippen LogP contribution in [0.3, 0.4) is 0 Å². The highest BCUT2D eigenvalue weighted by atomic mass is 19.1. The summed E-state index contributed by atoms with van der Waals surface area (Å²) < 4.78 is 65.3. The van der Waals surface area contributed by atoms with Gasteiger partial charge in [-0.05, 0) is 43.2 Å². The summed E-state index contributed by atoms with van der Waals surface area (Å²) in [5, 5.41) is 1.03. The summed E-state index contributed by atoms with van der Waals surface area (Å²) >= 11 is 0. The molecule has 4 aromatic rings. The Balaban J connectivity index is 1.32. The first-order valence-corrected chi connectivity index (χ1v) is 13.7. The van der Waals surface area contributed by atoms with Gasteiger partial charge in [0.15, 0.2) is 0 Å². The average Bonchev–Trinajstić information content (AvgIpc) is 3.25. The molecule has 4 nitrogen and oxygen atoms in total. The number of nitrogens with zero attached hydrogens (tertiary/aromatic N) is 2. The second-order valence-corrected chi connectivity index (χ2v) is 11.9. The van der Waals surface area contributed by atoms with E-state index < -0.39 is 29.8 Å². The number of anilines is 1. The van der Waals surface area contributed by atoms with Gasteiger partial charge in [0.25, 0.3) is 0 Å². The molecular weight excluding hydrogens is 518 g/mol. The van der Waals surface area contributed by atoms with Crippen molar-refractivity contribution in [1.82, 2.24) is 9.88 Å². The fraction of sp³-hybridized carbons (Fsp3) is 0.375. The smallest absolute Gasteiger partial charge is 0.135 e. The molecule has 3 aromatic carbocycles. The molecule has 6 rings (SSSR count). The van der Waals surface area contributed by atoms with Gasteiger partial charge in [-0.2, -0.15) is 0 Å². The number of hydrogen-bond donors (Lipinski definition) is 1. The number of ether oxygens (including phenoxy) is 1. The van der Waals surface area contributed by atoms with Crippen molar-refractivity contribution in [3.63, 3.8) is 0 Å². The summed E-state index contributed by atoms with van der Waals surface area (Å²) in [6.07, 6.45) is 0.413. The molecule has 0 unspecified atom stereocenters. The largest absolute Gasteiger partial charge is 0.487 e. The van der Waals surface area contributed by atoms with E-state index in [1.54, 1.807) is 6.07 Å². The maximum Gasteiger partial charge on any atom is 0.135 e. The van der Waals surface area contributed by atoms with Gasteiger partial charge in [-0.15, -0.1) is 0 Å². The van der Waals surface area contributed by atoms with Crippen molar-refractivity contribution in [2.45, 2.75) is 45.4 Å². The van der Waals surface area contributed by atoms with Crippen LogP contribution in [0.25, 0.3) is 10.9 Å². The highest BCUT2D eigenvalue weighted by molar-refractivity contribution is 5.85. The Morgan fingerprint density at radius 2 is 1.70 bits per heavy atom. The number of nitrogens with one attached hydrogen (secondary N) is 1. The Bertz CT molecular complexity index is 1520. The molecule has 2 aliphatic heterocycles. The Morgan fingerprint density at radius 1 is 0.975 bits per heavy atom. The number of rotatable bonds is 7. The summed E-state index contributed by atoms with van der Waals surface area (Å²) in [4.78, 5) is 7.39. The Labute approximate surface area is 231 Å². The minimum absolute atomic E-state index is 0.0685. The van der Waals surface area contributed by atoms with Crippen LogP contribution in [0, 0.1) is 22.9 Å². The first-order valence-electron chi connectivity index (χ1n) is 13.7. The lowest BCUT2D eigenvalue weighted by Crippen LogP contribution is -2.54. The van der Waals surface area contributed by atoms with Crippen molar-refractivity contribution >= 4 is 16.6 Å². The standard InChI is InChI=1S/C32H33F4N3O/c1-19-11-25-24-9-4-5-10-28(24)37-30(25)31(39(19)18-32(2,3)17-33)29-26(35)13-22(14-27(29)36)40-23-15-38(16-23)21-8-6-7-20(34)12-21/h4-10,12-14,19,23,31,37H,11,15-18H2,1-3H3/t19-,31-/m1/s1. The zero-order valence-electron chi connectivity index (χ0n) is 22.9. The SMILES string of the molecule is C[C@@H]1Cc2c([nH]c3ccccc23)[C@@H](c2c(F)cc(OC3CN(c4cccc(F)c4)C3)cc2F)N1CC(C)(C)CF. The van der Waals surface area contributed by atoms with E-state index in [9.17, 15) is 8.78 Å². The number of halogens is 4. The van der Waals surface area contributed by atoms with Crippen molar-refractivity contribution < 1.29 is 22.3 Å². The predicted octanol–water partition coefficient (Wildman–Crippen LogP) is 7.18. The van der Waals surface area contributed by atoms with Crippen molar-refractivity contribution in [3.05, 3.63) is 94.9 Å². The number of alkyl halides is 1. The highest BCUT2D eigenvalue weighted by Gasteiger charge is 2.41. The molecule has 0 radical (unpaired) electrons. The molecule has 3 heterocycles. The van der Waals surface area contributed by atoms with E-state index in [0.29, 0.717) is 26.1 Å². The summed E-state index contributed by atoms with van der Waals surface area (Å²) in [7, 11) is 0. The van der Waals surface area contributed by atoms with Gasteiger partial charge < -0.3 is 14.6 Å². The maximum absolute atomic E-state index is 15.9. The molecular formula is C32H33F4N3O. The topological polar surface area (TPSA) is 31.5 Å². The van der Waals surface area contributed by atoms with Crippen molar-refractivity contribution in [3.8, 4) is 5.75 Å². The fourth-order valence-electron chi connectivity index (χ4n) is 6.08. The van der Waals surface area contributed by atoms with Crippen molar-refractivity contribution in [2.75, 3.05) is 31.2 Å². The molecule has 1 fully saturated rings. The maximum atomic E-state index is 15.9. The third-order valence-corrected chi connectivity index (χ3v) is 8.14. The number of para-hydroxylation sites is 1. The van der Waals surface area contributed by atoms with E-state index in [0.717, 1.165) is 27.8 Å². The molecule has 0 aliphatic carbocycles. The average molecular weight is 552 g/mol. The molecule has 1 N–H and O–H groups in total. The molecule has 0 saturated carbocycles. The number of aromatic nitrogens is 1. The van der Waals surface area contributed by atoms with E-state index in [4.69, 9.17) is 4.74 Å². The molecule has 0 amide bonds. The third kappa shape index (κ3) is 4.83. The minimum Gasteiger partial charge on any atom is -0.487 e. The molecule has 2 atom stereocenters. The summed E-state index contributed by atoms with van der Waals surface area (Å²) in [5.74, 6) is -1.62. The number of fused-ring (bicyclic) bond motifs is 3. The third-order valence-electron chi connectivity index (χ3n) is 8.14. The van der Waals surface area contributed by atoms with E-state index in [1.807, 2.05) is 60.9 Å². The number of benzene rings is 3. The number of hydrogen-bond acceptors (Lipinski definition) is 3. The first-order chi connectivity index (χ1) is 19.1. The Kier molecular flexibility index (Phi) is 6.77. The predicted molar refractivity (Wildman–Crippen MR) is 149 cm³/mol. The lowest BCUT2D eigenvalue weighted by molar-refractivity contribution is 0.0757. The van der Waals surface area contributed by atoms with Crippen molar-refractivity contribution in [1.29, 1.82) is 0 Å². The van der Waals surface area contributed by atoms with E-state index in [1.165, 1.54) is 24.3 Å². The zero-order valence-corrected chi connectivity index (χ0v) is 22.9. The highest BCUT2D eigenvalue weighted by Crippen LogP contribution is 2.44. The summed E-state index contributed by atoms with van der Waals surface area (Å²) in [6, 6.07) is 15.8. The van der Waals surface area contributed by atoms with Crippen LogP contribution in [-0.2, 0) is 6.42 Å². The van der Waals surface area contributed by atoms with Gasteiger partial charge in [0, 0.05) is 58.0 Å². The van der Waals surface area contributed by atoms with Crippen LogP contribution in [-0.4, -0.2) is 48.3 Å². The molecule has 1 saturated heterocycles. The summed E-state index contributed by atoms with van der Waals surface area (Å²) in [6.45, 7) is 6.44. The van der Waals surface area contributed by atoms with Gasteiger partial charge in [0.1, 0.15) is 29.3 Å². The van der Waals surface area contributed by atoms with Crippen LogP contribution >= 0.6 is 0 Å². The zero-order chi connectivity index (χ0) is 28.2. The van der Waals surface area contributed by atoms with Crippen LogP contribution < -0.4 is 9.64 Å². The van der Waals surface area contributed by atoms with Gasteiger partial charge in [-0.25, -0.2) is 13.2 Å². The van der Waals surface area contributed by atoms with Crippen LogP contribution in [0.4, 0.5) is 23.2 Å². The van der Waals surface area contributed by atoms with Gasteiger partial charge in [0.05, 0.1) is 25.8 Å². The molecule has 0 spiro atoms. The van der Waals surface area contributed by atoms with E-state index in [-0.39, 0.29) is 29.3 Å². The van der Waals surface area contributed by atoms with Gasteiger partial charge >= 0.3 is 0 Å². The normalized spacial score (nSPS) is 20.0. The lowest BCUT2D eigenvalue weighted by atomic mass is 9.85. The van der Waals surface area contributed by atoms with Gasteiger partial charge in [-0.3, -0.25) is 9.29 Å². The molecule has 2 aliphatic rings. The minimum atomic E-state index is -0.752. The monoisotopic (exact) mass is 551 g/mol. The lowest BCUT2D eigenvalue weighted by Gasteiger charge is -2.44. The van der Waals surface area contributed by atoms with Crippen LogP contribution in [0.2, 0.25) is 0 Å². The van der Waals surface area contributed by atoms with Gasteiger partial charge in [0.2, 0.25) is 0 Å². The first kappa shape index (κ1) is 26.7. The van der Waals surface area contributed by atoms with Gasteiger partial charge in [-0.1, -0.05) is 38.1 Å². The fourth-order valence-corrected chi connectivity index (χ4v) is 6.08. The Morgan fingerprint density at radius 3 is 2.40 bits per heavy atom. The second kappa shape index (κ2) is 10.1. The van der Waals surface area contributed by atoms with Crippen LogP contribution in [0.1, 0.15) is 43.6 Å². The number of aromatic amines is 1. The Hall–Kier alpha value is -3.52. The van der Waals surface area contributed by atoms with Crippen molar-refractivity contribution in [2.24, 2.45) is 5.41 Å². The van der Waals surface area contributed by atoms with E-state index in [2.05, 4.69) is 4.98 Å². The molecule has 210 valence electrons. The van der Waals surface area contributed by atoms with Crippen LogP contribution in [0.5, 0.6) is 5.75 Å². The number of H-pyrrole nitrogens is 1. The molecule has 0 bridgehead atoms.